The van der Waals surface area contributed by atoms with Crippen molar-refractivity contribution >= 4 is 23.2 Å². The van der Waals surface area contributed by atoms with Gasteiger partial charge in [-0.25, -0.2) is 4.79 Å². The number of ketones is 1. The Morgan fingerprint density at radius 2 is 1.76 bits per heavy atom. The fraction of sp³-hybridized carbons (Fsp3) is 0.318. The number of hydrogen-bond donors (Lipinski definition) is 0. The van der Waals surface area contributed by atoms with Crippen molar-refractivity contribution in [1.82, 2.24) is 0 Å². The van der Waals surface area contributed by atoms with Crippen LogP contribution in [0, 0.1) is 16.0 Å². The van der Waals surface area contributed by atoms with Crippen LogP contribution in [-0.4, -0.2) is 22.4 Å². The molecule has 0 heterocycles. The minimum atomic E-state index is -0.486. The van der Waals surface area contributed by atoms with E-state index in [4.69, 9.17) is 4.84 Å². The summed E-state index contributed by atoms with van der Waals surface area (Å²) in [6, 6.07) is 13.1. The van der Waals surface area contributed by atoms with E-state index in [2.05, 4.69) is 5.16 Å². The van der Waals surface area contributed by atoms with Crippen LogP contribution in [0.3, 0.4) is 0 Å². The Morgan fingerprint density at radius 3 is 2.38 bits per heavy atom. The fourth-order valence-electron chi connectivity index (χ4n) is 3.49. The largest absolute Gasteiger partial charge is 0.334 e. The van der Waals surface area contributed by atoms with Crippen molar-refractivity contribution in [2.24, 2.45) is 11.1 Å². The number of nitro groups is 1. The van der Waals surface area contributed by atoms with E-state index in [9.17, 15) is 19.7 Å². The third-order valence-corrected chi connectivity index (χ3v) is 5.07. The molecule has 0 radical (unpaired) electrons. The van der Waals surface area contributed by atoms with Crippen LogP contribution < -0.4 is 0 Å². The molecule has 0 aromatic heterocycles. The van der Waals surface area contributed by atoms with Crippen molar-refractivity contribution in [3.05, 3.63) is 64.2 Å². The molecule has 3 rings (SSSR count). The van der Waals surface area contributed by atoms with Gasteiger partial charge in [-0.1, -0.05) is 61.3 Å². The lowest BCUT2D eigenvalue weighted by atomic mass is 9.93. The third kappa shape index (κ3) is 4.74. The lowest BCUT2D eigenvalue weighted by molar-refractivity contribution is -0.384. The van der Waals surface area contributed by atoms with E-state index >= 15 is 0 Å². The predicted molar refractivity (Wildman–Crippen MR) is 109 cm³/mol. The van der Waals surface area contributed by atoms with E-state index in [-0.39, 0.29) is 29.5 Å². The van der Waals surface area contributed by atoms with Crippen molar-refractivity contribution in [3.8, 4) is 11.1 Å². The maximum Gasteiger partial charge on any atom is 0.334 e. The second-order valence-corrected chi connectivity index (χ2v) is 6.96. The number of rotatable bonds is 7. The molecule has 7 heteroatoms. The van der Waals surface area contributed by atoms with Crippen molar-refractivity contribution in [3.63, 3.8) is 0 Å². The predicted octanol–water partition coefficient (Wildman–Crippen LogP) is 4.94. The molecule has 0 saturated heterocycles. The molecule has 0 atom stereocenters. The molecule has 1 aliphatic rings. The molecule has 0 bridgehead atoms. The molecule has 0 spiro atoms. The summed E-state index contributed by atoms with van der Waals surface area (Å²) in [6.45, 7) is 1.66. The molecule has 150 valence electrons. The zero-order valence-electron chi connectivity index (χ0n) is 16.2. The van der Waals surface area contributed by atoms with E-state index in [0.717, 1.165) is 25.7 Å². The Labute approximate surface area is 168 Å². The molecule has 0 amide bonds. The molecule has 1 aliphatic carbocycles. The molecule has 2 aromatic carbocycles. The quantitative estimate of drug-likeness (QED) is 0.218. The van der Waals surface area contributed by atoms with Gasteiger partial charge in [-0.15, -0.1) is 0 Å². The Bertz CT molecular complexity index is 944. The number of nitrogens with zero attached hydrogens (tertiary/aromatic N) is 2. The lowest BCUT2D eigenvalue weighted by Crippen LogP contribution is -2.23. The topological polar surface area (TPSA) is 98.9 Å². The zero-order valence-corrected chi connectivity index (χ0v) is 16.2. The van der Waals surface area contributed by atoms with Gasteiger partial charge >= 0.3 is 5.97 Å². The first kappa shape index (κ1) is 20.4. The fourth-order valence-corrected chi connectivity index (χ4v) is 3.49. The average Bonchev–Trinajstić information content (AvgIpc) is 3.28. The molecular formula is C22H22N2O5. The van der Waals surface area contributed by atoms with Gasteiger partial charge in [0.2, 0.25) is 5.78 Å². The van der Waals surface area contributed by atoms with Crippen LogP contribution in [0.1, 0.15) is 49.4 Å². The average molecular weight is 394 g/mol. The summed E-state index contributed by atoms with van der Waals surface area (Å²) in [5.41, 5.74) is 1.81. The molecule has 29 heavy (non-hydrogen) atoms. The van der Waals surface area contributed by atoms with Gasteiger partial charge in [0.25, 0.3) is 5.69 Å². The first-order chi connectivity index (χ1) is 14.0. The van der Waals surface area contributed by atoms with E-state index in [1.807, 2.05) is 0 Å². The maximum atomic E-state index is 13.0. The standard InChI is InChI=1S/C22H22N2O5/c1-2-20(25)29-23-21(16-7-3-4-8-16)22(26)17-13-11-15(12-14-17)18-9-5-6-10-19(18)24(27)28/h5-6,9-14,16H,2-4,7-8H2,1H3/b23-21-. The number of nitro benzene ring substituents is 1. The highest BCUT2D eigenvalue weighted by Crippen LogP contribution is 2.31. The van der Waals surface area contributed by atoms with Gasteiger partial charge in [-0.2, -0.15) is 0 Å². The van der Waals surface area contributed by atoms with Crippen molar-refractivity contribution < 1.29 is 19.3 Å². The molecule has 7 nitrogen and oxygen atoms in total. The zero-order chi connectivity index (χ0) is 20.8. The Hall–Kier alpha value is -3.35. The summed E-state index contributed by atoms with van der Waals surface area (Å²) >= 11 is 0. The number of Topliss-reactive ketones (excluding diaryl/α,β-unsaturated/α-hetero) is 1. The number of benzene rings is 2. The second-order valence-electron chi connectivity index (χ2n) is 6.96. The van der Waals surface area contributed by atoms with Crippen LogP contribution in [0.5, 0.6) is 0 Å². The van der Waals surface area contributed by atoms with Gasteiger partial charge in [-0.05, 0) is 24.5 Å². The van der Waals surface area contributed by atoms with Gasteiger partial charge in [0, 0.05) is 24.0 Å². The highest BCUT2D eigenvalue weighted by atomic mass is 16.7. The van der Waals surface area contributed by atoms with Gasteiger partial charge < -0.3 is 4.84 Å². The van der Waals surface area contributed by atoms with E-state index < -0.39 is 10.9 Å². The second kappa shape index (κ2) is 9.23. The number of oxime groups is 1. The minimum Gasteiger partial charge on any atom is -0.318 e. The molecule has 2 aromatic rings. The minimum absolute atomic E-state index is 0.00580. The summed E-state index contributed by atoms with van der Waals surface area (Å²) in [4.78, 5) is 40.2. The highest BCUT2D eigenvalue weighted by molar-refractivity contribution is 6.46. The third-order valence-electron chi connectivity index (χ3n) is 5.07. The molecule has 0 unspecified atom stereocenters. The molecular weight excluding hydrogens is 372 g/mol. The Balaban J connectivity index is 1.88. The van der Waals surface area contributed by atoms with E-state index in [0.29, 0.717) is 16.7 Å². The van der Waals surface area contributed by atoms with Crippen molar-refractivity contribution in [1.29, 1.82) is 0 Å². The summed E-state index contributed by atoms with van der Waals surface area (Å²) in [5.74, 6) is -0.794. The van der Waals surface area contributed by atoms with Crippen molar-refractivity contribution in [2.45, 2.75) is 39.0 Å². The lowest BCUT2D eigenvalue weighted by Gasteiger charge is -2.12. The summed E-state index contributed by atoms with van der Waals surface area (Å²) in [6.07, 6.45) is 3.87. The highest BCUT2D eigenvalue weighted by Gasteiger charge is 2.28. The normalized spacial score (nSPS) is 14.6. The van der Waals surface area contributed by atoms with Gasteiger partial charge in [0.05, 0.1) is 10.5 Å². The van der Waals surface area contributed by atoms with Crippen LogP contribution in [0.15, 0.2) is 53.7 Å². The smallest absolute Gasteiger partial charge is 0.318 e. The van der Waals surface area contributed by atoms with Gasteiger partial charge in [0.15, 0.2) is 0 Å². The summed E-state index contributed by atoms with van der Waals surface area (Å²) < 4.78 is 0. The van der Waals surface area contributed by atoms with Crippen LogP contribution in [0.2, 0.25) is 0 Å². The summed E-state index contributed by atoms with van der Waals surface area (Å²) in [7, 11) is 0. The van der Waals surface area contributed by atoms with Crippen LogP contribution in [0.25, 0.3) is 11.1 Å². The van der Waals surface area contributed by atoms with Gasteiger partial charge in [-0.3, -0.25) is 14.9 Å². The van der Waals surface area contributed by atoms with Crippen molar-refractivity contribution in [2.75, 3.05) is 0 Å². The maximum absolute atomic E-state index is 13.0. The van der Waals surface area contributed by atoms with E-state index in [1.54, 1.807) is 49.4 Å². The van der Waals surface area contributed by atoms with E-state index in [1.165, 1.54) is 6.07 Å². The number of para-hydroxylation sites is 1. The molecule has 1 saturated carbocycles. The Morgan fingerprint density at radius 1 is 1.10 bits per heavy atom. The van der Waals surface area contributed by atoms with Crippen LogP contribution in [0.4, 0.5) is 5.69 Å². The summed E-state index contributed by atoms with van der Waals surface area (Å²) in [5, 5.41) is 15.2. The number of carbonyl (C=O) groups excluding carboxylic acids is 2. The van der Waals surface area contributed by atoms with Gasteiger partial charge in [0.1, 0.15) is 5.71 Å². The Kier molecular flexibility index (Phi) is 6.49. The number of hydrogen-bond acceptors (Lipinski definition) is 6. The SMILES string of the molecule is CCC(=O)O/N=C(\C(=O)c1ccc(-c2ccccc2[N+](=O)[O-])cc1)C1CCCC1. The van der Waals surface area contributed by atoms with Crippen LogP contribution >= 0.6 is 0 Å². The molecule has 1 fully saturated rings. The first-order valence-electron chi connectivity index (χ1n) is 9.67. The first-order valence-corrected chi connectivity index (χ1v) is 9.67. The monoisotopic (exact) mass is 394 g/mol. The molecule has 0 aliphatic heterocycles. The molecule has 0 N–H and O–H groups in total. The number of carbonyl (C=O) groups is 2. The van der Waals surface area contributed by atoms with Crippen LogP contribution in [-0.2, 0) is 9.63 Å².